The Morgan fingerprint density at radius 1 is 1.11 bits per heavy atom. The molecule has 12 heteroatoms. The Kier molecular flexibility index (Phi) is 9.27. The number of hydrogen-bond donors (Lipinski definition) is 1. The van der Waals surface area contributed by atoms with E-state index in [-0.39, 0.29) is 24.0 Å². The van der Waals surface area contributed by atoms with Gasteiger partial charge in [0, 0.05) is 13.1 Å². The molecule has 4 amide bonds. The second-order valence-electron chi connectivity index (χ2n) is 8.22. The van der Waals surface area contributed by atoms with Crippen LogP contribution in [0, 0.1) is 0 Å². The van der Waals surface area contributed by atoms with Gasteiger partial charge in [0.25, 0.3) is 17.1 Å². The number of nitrogens with zero attached hydrogens (tertiary/aromatic N) is 2. The molecule has 4 rings (SSSR count). The molecular weight excluding hydrogens is 534 g/mol. The van der Waals surface area contributed by atoms with Gasteiger partial charge in [-0.1, -0.05) is 29.8 Å². The van der Waals surface area contributed by atoms with E-state index >= 15 is 0 Å². The number of thioether (sulfide) groups is 1. The summed E-state index contributed by atoms with van der Waals surface area (Å²) in [7, 11) is 0. The summed E-state index contributed by atoms with van der Waals surface area (Å²) in [5.74, 6) is -0.521. The van der Waals surface area contributed by atoms with Crippen LogP contribution in [-0.2, 0) is 19.1 Å². The molecule has 0 saturated carbocycles. The smallest absolute Gasteiger partial charge is 0.294 e. The minimum atomic E-state index is -0.531. The Bertz CT molecular complexity index is 1260. The Balaban J connectivity index is 1.41. The van der Waals surface area contributed by atoms with Gasteiger partial charge in [-0.25, -0.2) is 0 Å². The number of morpholine rings is 1. The standard InChI is InChI=1S/C26H26ClN3O7S/c1-2-36-21-13-17(7-8-20(21)37-16-23(31)28-19-6-4-3-5-18(19)27)14-22-25(33)30(26(34)38-22)15-24(32)29-9-11-35-12-10-29/h3-8,13-14H,2,9-12,15-16H2,1H3,(H,28,31)/b22-14-. The molecule has 0 atom stereocenters. The lowest BCUT2D eigenvalue weighted by molar-refractivity contribution is -0.139. The van der Waals surface area contributed by atoms with Crippen molar-refractivity contribution in [2.24, 2.45) is 0 Å². The topological polar surface area (TPSA) is 114 Å². The molecule has 0 unspecified atom stereocenters. The van der Waals surface area contributed by atoms with Crippen molar-refractivity contribution in [1.29, 1.82) is 0 Å². The van der Waals surface area contributed by atoms with Crippen molar-refractivity contribution in [1.82, 2.24) is 9.80 Å². The molecule has 0 bridgehead atoms. The highest BCUT2D eigenvalue weighted by molar-refractivity contribution is 8.18. The van der Waals surface area contributed by atoms with E-state index in [2.05, 4.69) is 5.32 Å². The van der Waals surface area contributed by atoms with Crippen LogP contribution in [0.5, 0.6) is 11.5 Å². The monoisotopic (exact) mass is 559 g/mol. The third-order valence-electron chi connectivity index (χ3n) is 5.60. The van der Waals surface area contributed by atoms with Gasteiger partial charge in [-0.05, 0) is 54.6 Å². The van der Waals surface area contributed by atoms with Crippen LogP contribution < -0.4 is 14.8 Å². The van der Waals surface area contributed by atoms with Gasteiger partial charge in [0.1, 0.15) is 6.54 Å². The average molecular weight is 560 g/mol. The molecule has 200 valence electrons. The van der Waals surface area contributed by atoms with Crippen LogP contribution in [0.1, 0.15) is 12.5 Å². The van der Waals surface area contributed by atoms with Crippen molar-refractivity contribution >= 4 is 58.1 Å². The number of carbonyl (C=O) groups excluding carboxylic acids is 4. The number of nitrogens with one attached hydrogen (secondary N) is 1. The van der Waals surface area contributed by atoms with E-state index in [0.29, 0.717) is 60.7 Å². The molecule has 1 N–H and O–H groups in total. The van der Waals surface area contributed by atoms with Gasteiger partial charge in [-0.15, -0.1) is 0 Å². The van der Waals surface area contributed by atoms with Crippen LogP contribution in [0.15, 0.2) is 47.4 Å². The summed E-state index contributed by atoms with van der Waals surface area (Å²) >= 11 is 6.85. The van der Waals surface area contributed by atoms with Crippen molar-refractivity contribution in [2.75, 3.05) is 51.4 Å². The minimum absolute atomic E-state index is 0.194. The summed E-state index contributed by atoms with van der Waals surface area (Å²) < 4.78 is 16.6. The van der Waals surface area contributed by atoms with Gasteiger partial charge in [0.15, 0.2) is 18.1 Å². The molecule has 0 aliphatic carbocycles. The lowest BCUT2D eigenvalue weighted by Crippen LogP contribution is -2.46. The van der Waals surface area contributed by atoms with Crippen LogP contribution in [-0.4, -0.2) is 78.8 Å². The number of halogens is 1. The van der Waals surface area contributed by atoms with Crippen molar-refractivity contribution in [3.63, 3.8) is 0 Å². The molecule has 2 fully saturated rings. The number of benzene rings is 2. The molecule has 0 radical (unpaired) electrons. The fraction of sp³-hybridized carbons (Fsp3) is 0.308. The maximum absolute atomic E-state index is 12.9. The lowest BCUT2D eigenvalue weighted by Gasteiger charge is -2.28. The largest absolute Gasteiger partial charge is 0.490 e. The van der Waals surface area contributed by atoms with E-state index in [1.54, 1.807) is 60.4 Å². The van der Waals surface area contributed by atoms with Crippen LogP contribution in [0.2, 0.25) is 5.02 Å². The first-order valence-electron chi connectivity index (χ1n) is 11.9. The summed E-state index contributed by atoms with van der Waals surface area (Å²) in [5.41, 5.74) is 1.06. The predicted molar refractivity (Wildman–Crippen MR) is 143 cm³/mol. The summed E-state index contributed by atoms with van der Waals surface area (Å²) in [4.78, 5) is 52.9. The predicted octanol–water partition coefficient (Wildman–Crippen LogP) is 3.65. The summed E-state index contributed by atoms with van der Waals surface area (Å²) in [6.07, 6.45) is 1.56. The van der Waals surface area contributed by atoms with Crippen LogP contribution in [0.25, 0.3) is 6.08 Å². The van der Waals surface area contributed by atoms with Crippen molar-refractivity contribution in [3.05, 3.63) is 58.0 Å². The molecule has 2 saturated heterocycles. The van der Waals surface area contributed by atoms with Crippen molar-refractivity contribution in [2.45, 2.75) is 6.92 Å². The number of carbonyl (C=O) groups is 4. The number of imide groups is 1. The van der Waals surface area contributed by atoms with Gasteiger partial charge in [0.05, 0.1) is 35.4 Å². The van der Waals surface area contributed by atoms with Gasteiger partial charge in [0.2, 0.25) is 5.91 Å². The first-order valence-corrected chi connectivity index (χ1v) is 13.1. The van der Waals surface area contributed by atoms with Gasteiger partial charge in [-0.2, -0.15) is 0 Å². The number of ether oxygens (including phenoxy) is 3. The highest BCUT2D eigenvalue weighted by Crippen LogP contribution is 2.35. The molecule has 2 aliphatic rings. The highest BCUT2D eigenvalue weighted by Gasteiger charge is 2.37. The quantitative estimate of drug-likeness (QED) is 0.463. The average Bonchev–Trinajstić information content (AvgIpc) is 3.17. The second-order valence-corrected chi connectivity index (χ2v) is 9.62. The normalized spacial score (nSPS) is 16.6. The molecule has 2 heterocycles. The lowest BCUT2D eigenvalue weighted by atomic mass is 10.2. The third kappa shape index (κ3) is 6.85. The van der Waals surface area contributed by atoms with Crippen LogP contribution in [0.4, 0.5) is 10.5 Å². The zero-order chi connectivity index (χ0) is 27.1. The minimum Gasteiger partial charge on any atom is -0.490 e. The van der Waals surface area contributed by atoms with Crippen molar-refractivity contribution in [3.8, 4) is 11.5 Å². The zero-order valence-electron chi connectivity index (χ0n) is 20.6. The van der Waals surface area contributed by atoms with E-state index in [4.69, 9.17) is 25.8 Å². The van der Waals surface area contributed by atoms with E-state index in [1.165, 1.54) is 0 Å². The van der Waals surface area contributed by atoms with Crippen LogP contribution in [0.3, 0.4) is 0 Å². The van der Waals surface area contributed by atoms with E-state index in [9.17, 15) is 19.2 Å². The molecular formula is C26H26ClN3O7S. The molecule has 2 aromatic rings. The maximum atomic E-state index is 12.9. The number of amides is 4. The fourth-order valence-corrected chi connectivity index (χ4v) is 4.75. The molecule has 2 aliphatic heterocycles. The van der Waals surface area contributed by atoms with E-state index in [0.717, 1.165) is 16.7 Å². The van der Waals surface area contributed by atoms with Crippen molar-refractivity contribution < 1.29 is 33.4 Å². The molecule has 0 aromatic heterocycles. The highest BCUT2D eigenvalue weighted by atomic mass is 35.5. The van der Waals surface area contributed by atoms with E-state index < -0.39 is 17.1 Å². The third-order valence-corrected chi connectivity index (χ3v) is 6.84. The van der Waals surface area contributed by atoms with Crippen LogP contribution >= 0.6 is 23.4 Å². The number of anilines is 1. The number of hydrogen-bond acceptors (Lipinski definition) is 8. The Labute approximate surface area is 228 Å². The Morgan fingerprint density at radius 2 is 1.87 bits per heavy atom. The van der Waals surface area contributed by atoms with Gasteiger partial charge in [-0.3, -0.25) is 24.1 Å². The molecule has 10 nitrogen and oxygen atoms in total. The summed E-state index contributed by atoms with van der Waals surface area (Å²) in [6, 6.07) is 11.8. The molecule has 38 heavy (non-hydrogen) atoms. The SMILES string of the molecule is CCOc1cc(/C=C2\SC(=O)N(CC(=O)N3CCOCC3)C2=O)ccc1OCC(=O)Nc1ccccc1Cl. The Hall–Kier alpha value is -3.54. The van der Waals surface area contributed by atoms with Gasteiger partial charge >= 0.3 is 0 Å². The van der Waals surface area contributed by atoms with Gasteiger partial charge < -0.3 is 24.4 Å². The molecule has 2 aromatic carbocycles. The fourth-order valence-electron chi connectivity index (χ4n) is 3.73. The summed E-state index contributed by atoms with van der Waals surface area (Å²) in [5, 5.41) is 2.59. The first-order chi connectivity index (χ1) is 18.4. The zero-order valence-corrected chi connectivity index (χ0v) is 22.2. The second kappa shape index (κ2) is 12.8. The first kappa shape index (κ1) is 27.5. The summed E-state index contributed by atoms with van der Waals surface area (Å²) in [6.45, 7) is 3.28. The Morgan fingerprint density at radius 3 is 2.61 bits per heavy atom. The van der Waals surface area contributed by atoms with E-state index in [1.807, 2.05) is 0 Å². The number of rotatable bonds is 9. The number of para-hydroxylation sites is 1. The molecule has 0 spiro atoms. The maximum Gasteiger partial charge on any atom is 0.294 e.